The molecule has 5 nitrogen and oxygen atoms in total. The molecule has 0 bridgehead atoms. The van der Waals surface area contributed by atoms with Crippen LogP contribution in [0.3, 0.4) is 0 Å². The van der Waals surface area contributed by atoms with Crippen LogP contribution in [-0.2, 0) is 17.8 Å². The molecule has 1 aromatic carbocycles. The summed E-state index contributed by atoms with van der Waals surface area (Å²) in [6.45, 7) is 3.36. The lowest BCUT2D eigenvalue weighted by Crippen LogP contribution is -2.37. The Morgan fingerprint density at radius 2 is 1.72 bits per heavy atom. The van der Waals surface area contributed by atoms with Gasteiger partial charge in [-0.15, -0.1) is 24.0 Å². The SMILES string of the molecule is CN=C(NCCCOCC(F)(F)F)NCc1ccc(CN2CCCCC2)cc1.I. The lowest BCUT2D eigenvalue weighted by Gasteiger charge is -2.26. The van der Waals surface area contributed by atoms with Gasteiger partial charge in [0.2, 0.25) is 0 Å². The summed E-state index contributed by atoms with van der Waals surface area (Å²) in [6.07, 6.45) is 0.137. The number of alkyl halides is 3. The van der Waals surface area contributed by atoms with Crippen LogP contribution in [0.15, 0.2) is 29.3 Å². The summed E-state index contributed by atoms with van der Waals surface area (Å²) in [5, 5.41) is 6.28. The molecule has 0 aromatic heterocycles. The number of ether oxygens (including phenoxy) is 1. The number of hydrogen-bond donors (Lipinski definition) is 2. The fraction of sp³-hybridized carbons (Fsp3) is 0.650. The molecule has 1 aliphatic rings. The predicted molar refractivity (Wildman–Crippen MR) is 121 cm³/mol. The molecular weight excluding hydrogens is 496 g/mol. The number of rotatable bonds is 9. The van der Waals surface area contributed by atoms with Crippen molar-refractivity contribution in [2.24, 2.45) is 4.99 Å². The highest BCUT2D eigenvalue weighted by atomic mass is 127. The second-order valence-corrected chi connectivity index (χ2v) is 7.03. The Bertz CT molecular complexity index is 590. The van der Waals surface area contributed by atoms with E-state index in [1.807, 2.05) is 0 Å². The summed E-state index contributed by atoms with van der Waals surface area (Å²) < 4.78 is 40.5. The summed E-state index contributed by atoms with van der Waals surface area (Å²) in [7, 11) is 1.66. The fourth-order valence-electron chi connectivity index (χ4n) is 3.11. The molecule has 9 heteroatoms. The van der Waals surface area contributed by atoms with Crippen molar-refractivity contribution >= 4 is 29.9 Å². The van der Waals surface area contributed by atoms with Crippen LogP contribution in [-0.4, -0.2) is 56.9 Å². The first kappa shape index (κ1) is 26.0. The van der Waals surface area contributed by atoms with Crippen molar-refractivity contribution in [3.05, 3.63) is 35.4 Å². The summed E-state index contributed by atoms with van der Waals surface area (Å²) in [4.78, 5) is 6.62. The van der Waals surface area contributed by atoms with E-state index in [1.165, 1.54) is 37.9 Å². The largest absolute Gasteiger partial charge is 0.411 e. The summed E-state index contributed by atoms with van der Waals surface area (Å²) in [5.74, 6) is 0.619. The Morgan fingerprint density at radius 1 is 1.07 bits per heavy atom. The van der Waals surface area contributed by atoms with Gasteiger partial charge in [0.1, 0.15) is 6.61 Å². The molecule has 1 fully saturated rings. The molecule has 1 heterocycles. The highest BCUT2D eigenvalue weighted by Gasteiger charge is 2.27. The highest BCUT2D eigenvalue weighted by Crippen LogP contribution is 2.14. The average molecular weight is 528 g/mol. The lowest BCUT2D eigenvalue weighted by atomic mass is 10.1. The molecular formula is C20H32F3IN4O. The zero-order valence-corrected chi connectivity index (χ0v) is 19.3. The van der Waals surface area contributed by atoms with Gasteiger partial charge in [0.25, 0.3) is 0 Å². The molecule has 0 amide bonds. The van der Waals surface area contributed by atoms with Crippen molar-refractivity contribution < 1.29 is 17.9 Å². The monoisotopic (exact) mass is 528 g/mol. The number of nitrogens with one attached hydrogen (secondary N) is 2. The van der Waals surface area contributed by atoms with Crippen LogP contribution in [0.4, 0.5) is 13.2 Å². The summed E-state index contributed by atoms with van der Waals surface area (Å²) in [6, 6.07) is 8.56. The first-order valence-electron chi connectivity index (χ1n) is 9.85. The zero-order chi connectivity index (χ0) is 20.2. The fourth-order valence-corrected chi connectivity index (χ4v) is 3.11. The maximum absolute atomic E-state index is 12.0. The second kappa shape index (κ2) is 14.0. The molecule has 1 aliphatic heterocycles. The topological polar surface area (TPSA) is 48.9 Å². The number of benzene rings is 1. The van der Waals surface area contributed by atoms with Crippen molar-refractivity contribution in [3.63, 3.8) is 0 Å². The van der Waals surface area contributed by atoms with Gasteiger partial charge in [0.15, 0.2) is 5.96 Å². The van der Waals surface area contributed by atoms with Crippen LogP contribution in [0.2, 0.25) is 0 Å². The van der Waals surface area contributed by atoms with E-state index in [2.05, 4.69) is 49.5 Å². The maximum atomic E-state index is 12.0. The number of piperidine rings is 1. The van der Waals surface area contributed by atoms with Crippen LogP contribution >= 0.6 is 24.0 Å². The molecule has 1 aromatic rings. The smallest absolute Gasteiger partial charge is 0.372 e. The van der Waals surface area contributed by atoms with Gasteiger partial charge in [-0.1, -0.05) is 30.7 Å². The molecule has 0 radical (unpaired) electrons. The van der Waals surface area contributed by atoms with Crippen LogP contribution < -0.4 is 10.6 Å². The number of hydrogen-bond acceptors (Lipinski definition) is 3. The Labute approximate surface area is 188 Å². The molecule has 0 aliphatic carbocycles. The van der Waals surface area contributed by atoms with E-state index in [0.29, 0.717) is 25.5 Å². The van der Waals surface area contributed by atoms with Gasteiger partial charge in [-0.05, 0) is 43.5 Å². The summed E-state index contributed by atoms with van der Waals surface area (Å²) in [5.41, 5.74) is 2.48. The van der Waals surface area contributed by atoms with Gasteiger partial charge >= 0.3 is 6.18 Å². The molecule has 2 rings (SSSR count). The van der Waals surface area contributed by atoms with Crippen molar-refractivity contribution in [2.45, 2.75) is 44.9 Å². The molecule has 1 saturated heterocycles. The number of guanidine groups is 1. The van der Waals surface area contributed by atoms with E-state index in [9.17, 15) is 13.2 Å². The van der Waals surface area contributed by atoms with Gasteiger partial charge in [0.05, 0.1) is 0 Å². The van der Waals surface area contributed by atoms with Crippen molar-refractivity contribution in [3.8, 4) is 0 Å². The first-order valence-corrected chi connectivity index (χ1v) is 9.85. The zero-order valence-electron chi connectivity index (χ0n) is 16.9. The quantitative estimate of drug-likeness (QED) is 0.221. The van der Waals surface area contributed by atoms with Crippen LogP contribution in [0, 0.1) is 0 Å². The molecule has 166 valence electrons. The molecule has 0 spiro atoms. The number of halogens is 4. The Kier molecular flexibility index (Phi) is 12.6. The maximum Gasteiger partial charge on any atom is 0.411 e. The number of nitrogens with zero attached hydrogens (tertiary/aromatic N) is 2. The van der Waals surface area contributed by atoms with Crippen LogP contribution in [0.25, 0.3) is 0 Å². The third-order valence-corrected chi connectivity index (χ3v) is 4.59. The molecule has 0 saturated carbocycles. The van der Waals surface area contributed by atoms with E-state index in [-0.39, 0.29) is 30.6 Å². The minimum absolute atomic E-state index is 0. The third-order valence-electron chi connectivity index (χ3n) is 4.59. The average Bonchev–Trinajstić information content (AvgIpc) is 2.68. The van der Waals surface area contributed by atoms with E-state index in [1.54, 1.807) is 7.05 Å². The Morgan fingerprint density at radius 3 is 2.34 bits per heavy atom. The van der Waals surface area contributed by atoms with E-state index < -0.39 is 12.8 Å². The van der Waals surface area contributed by atoms with Gasteiger partial charge in [-0.3, -0.25) is 9.89 Å². The second-order valence-electron chi connectivity index (χ2n) is 7.03. The van der Waals surface area contributed by atoms with Crippen molar-refractivity contribution in [2.75, 3.05) is 39.9 Å². The first-order chi connectivity index (χ1) is 13.5. The molecule has 2 N–H and O–H groups in total. The number of aliphatic imine (C=N–C) groups is 1. The highest BCUT2D eigenvalue weighted by molar-refractivity contribution is 14.0. The van der Waals surface area contributed by atoms with E-state index in [4.69, 9.17) is 0 Å². The molecule has 29 heavy (non-hydrogen) atoms. The predicted octanol–water partition coefficient (Wildman–Crippen LogP) is 3.92. The van der Waals surface area contributed by atoms with E-state index >= 15 is 0 Å². The van der Waals surface area contributed by atoms with E-state index in [0.717, 1.165) is 12.1 Å². The van der Waals surface area contributed by atoms with Crippen LogP contribution in [0.5, 0.6) is 0 Å². The van der Waals surface area contributed by atoms with Gasteiger partial charge < -0.3 is 15.4 Å². The van der Waals surface area contributed by atoms with Gasteiger partial charge in [0, 0.05) is 33.3 Å². The van der Waals surface area contributed by atoms with Gasteiger partial charge in [-0.25, -0.2) is 0 Å². The summed E-state index contributed by atoms with van der Waals surface area (Å²) >= 11 is 0. The van der Waals surface area contributed by atoms with Gasteiger partial charge in [-0.2, -0.15) is 13.2 Å². The molecule has 0 unspecified atom stereocenters. The van der Waals surface area contributed by atoms with Crippen molar-refractivity contribution in [1.82, 2.24) is 15.5 Å². The normalized spacial score (nSPS) is 15.7. The standard InChI is InChI=1S/C20H31F3N4O.HI/c1-24-19(25-10-5-13-28-16-20(21,22)23)26-14-17-6-8-18(9-7-17)15-27-11-3-2-4-12-27;/h6-9H,2-5,10-16H2,1H3,(H2,24,25,26);1H. The lowest BCUT2D eigenvalue weighted by molar-refractivity contribution is -0.173. The van der Waals surface area contributed by atoms with Crippen molar-refractivity contribution in [1.29, 1.82) is 0 Å². The third kappa shape index (κ3) is 11.6. The molecule has 0 atom stereocenters. The Balaban J connectivity index is 0.00000420. The number of likely N-dealkylation sites (tertiary alicyclic amines) is 1. The Hall–Kier alpha value is -1.07. The minimum Gasteiger partial charge on any atom is -0.372 e. The minimum atomic E-state index is -4.27. The van der Waals surface area contributed by atoms with Crippen LogP contribution in [0.1, 0.15) is 36.8 Å².